The summed E-state index contributed by atoms with van der Waals surface area (Å²) in [6.45, 7) is 5.14. The lowest BCUT2D eigenvalue weighted by molar-refractivity contribution is -0.121. The van der Waals surface area contributed by atoms with Crippen molar-refractivity contribution in [2.75, 3.05) is 25.2 Å². The van der Waals surface area contributed by atoms with Crippen molar-refractivity contribution in [2.45, 2.75) is 6.54 Å². The third-order valence-corrected chi connectivity index (χ3v) is 4.46. The average molecular weight is 373 g/mol. The number of imide groups is 1. The van der Waals surface area contributed by atoms with Gasteiger partial charge in [-0.15, -0.1) is 17.9 Å². The number of amides is 3. The van der Waals surface area contributed by atoms with Crippen LogP contribution in [-0.4, -0.2) is 36.7 Å². The zero-order valence-corrected chi connectivity index (χ0v) is 14.9. The number of anilines is 1. The highest BCUT2D eigenvalue weighted by Gasteiger charge is 2.16. The molecule has 2 aromatic rings. The van der Waals surface area contributed by atoms with Crippen LogP contribution in [0.2, 0.25) is 0 Å². The van der Waals surface area contributed by atoms with Crippen LogP contribution >= 0.6 is 11.3 Å². The molecule has 136 valence electrons. The van der Waals surface area contributed by atoms with Gasteiger partial charge in [-0.2, -0.15) is 0 Å². The van der Waals surface area contributed by atoms with Crippen LogP contribution in [0.3, 0.4) is 0 Å². The first-order valence-corrected chi connectivity index (χ1v) is 8.88. The molecule has 1 aromatic carbocycles. The predicted octanol–water partition coefficient (Wildman–Crippen LogP) is 2.81. The number of carbonyl (C=O) groups is 2. The van der Waals surface area contributed by atoms with E-state index in [1.807, 2.05) is 22.4 Å². The first kappa shape index (κ1) is 18.0. The molecule has 0 spiro atoms. The SMILES string of the molecule is C=CCN(CC(=O)NC(=O)Nc1ccc2c(c1)OCO2)Cc1cccs1. The van der Waals surface area contributed by atoms with Gasteiger partial charge in [0, 0.05) is 29.7 Å². The Kier molecular flexibility index (Phi) is 5.88. The lowest BCUT2D eigenvalue weighted by Gasteiger charge is -2.19. The minimum atomic E-state index is -0.594. The molecule has 2 heterocycles. The summed E-state index contributed by atoms with van der Waals surface area (Å²) in [6, 6.07) is 8.40. The van der Waals surface area contributed by atoms with Crippen LogP contribution in [0.15, 0.2) is 48.4 Å². The molecule has 2 N–H and O–H groups in total. The average Bonchev–Trinajstić information content (AvgIpc) is 3.25. The number of hydrogen-bond donors (Lipinski definition) is 2. The van der Waals surface area contributed by atoms with Gasteiger partial charge in [0.15, 0.2) is 11.5 Å². The first-order valence-electron chi connectivity index (χ1n) is 8.00. The van der Waals surface area contributed by atoms with Crippen molar-refractivity contribution in [1.82, 2.24) is 10.2 Å². The quantitative estimate of drug-likeness (QED) is 0.730. The van der Waals surface area contributed by atoms with Crippen molar-refractivity contribution in [3.63, 3.8) is 0 Å². The van der Waals surface area contributed by atoms with Gasteiger partial charge in [-0.3, -0.25) is 15.0 Å². The molecular formula is C18H19N3O4S. The summed E-state index contributed by atoms with van der Waals surface area (Å²) in [6.07, 6.45) is 1.73. The van der Waals surface area contributed by atoms with E-state index >= 15 is 0 Å². The summed E-state index contributed by atoms with van der Waals surface area (Å²) in [5.74, 6) is 0.796. The molecule has 0 saturated heterocycles. The highest BCUT2D eigenvalue weighted by atomic mass is 32.1. The molecule has 0 unspecified atom stereocenters. The molecule has 0 fully saturated rings. The Morgan fingerprint density at radius 1 is 1.27 bits per heavy atom. The third-order valence-electron chi connectivity index (χ3n) is 3.60. The van der Waals surface area contributed by atoms with Gasteiger partial charge in [0.25, 0.3) is 0 Å². The highest BCUT2D eigenvalue weighted by molar-refractivity contribution is 7.09. The van der Waals surface area contributed by atoms with Gasteiger partial charge in [0.1, 0.15) is 0 Å². The maximum Gasteiger partial charge on any atom is 0.325 e. The smallest absolute Gasteiger partial charge is 0.325 e. The number of fused-ring (bicyclic) bond motifs is 1. The Bertz CT molecular complexity index is 792. The van der Waals surface area contributed by atoms with Gasteiger partial charge in [0.2, 0.25) is 12.7 Å². The summed E-state index contributed by atoms with van der Waals surface area (Å²) in [5.41, 5.74) is 0.515. The molecule has 3 rings (SSSR count). The van der Waals surface area contributed by atoms with E-state index in [2.05, 4.69) is 17.2 Å². The number of rotatable bonds is 7. The Labute approximate surface area is 155 Å². The molecule has 8 heteroatoms. The molecular weight excluding hydrogens is 354 g/mol. The molecule has 0 saturated carbocycles. The van der Waals surface area contributed by atoms with Crippen molar-refractivity contribution < 1.29 is 19.1 Å². The molecule has 26 heavy (non-hydrogen) atoms. The maximum atomic E-state index is 12.2. The molecule has 0 aliphatic carbocycles. The van der Waals surface area contributed by atoms with Crippen molar-refractivity contribution in [3.05, 3.63) is 53.2 Å². The van der Waals surface area contributed by atoms with Crippen molar-refractivity contribution >= 4 is 29.0 Å². The van der Waals surface area contributed by atoms with E-state index in [4.69, 9.17) is 9.47 Å². The summed E-state index contributed by atoms with van der Waals surface area (Å²) in [7, 11) is 0. The summed E-state index contributed by atoms with van der Waals surface area (Å²) < 4.78 is 10.5. The number of ether oxygens (including phenoxy) is 2. The van der Waals surface area contributed by atoms with E-state index in [9.17, 15) is 9.59 Å². The van der Waals surface area contributed by atoms with Gasteiger partial charge in [-0.1, -0.05) is 12.1 Å². The zero-order valence-electron chi connectivity index (χ0n) is 14.1. The normalized spacial score (nSPS) is 12.0. The fraction of sp³-hybridized carbons (Fsp3) is 0.222. The highest BCUT2D eigenvalue weighted by Crippen LogP contribution is 2.34. The van der Waals surface area contributed by atoms with Crippen molar-refractivity contribution in [3.8, 4) is 11.5 Å². The summed E-state index contributed by atoms with van der Waals surface area (Å²) >= 11 is 1.62. The zero-order chi connectivity index (χ0) is 18.4. The van der Waals surface area contributed by atoms with E-state index in [0.717, 1.165) is 4.88 Å². The topological polar surface area (TPSA) is 79.9 Å². The predicted molar refractivity (Wildman–Crippen MR) is 99.5 cm³/mol. The Morgan fingerprint density at radius 3 is 2.88 bits per heavy atom. The third kappa shape index (κ3) is 4.84. The molecule has 1 aromatic heterocycles. The van der Waals surface area contributed by atoms with E-state index in [1.54, 1.807) is 35.6 Å². The second kappa shape index (κ2) is 8.50. The Balaban J connectivity index is 1.51. The van der Waals surface area contributed by atoms with Crippen LogP contribution in [-0.2, 0) is 11.3 Å². The lowest BCUT2D eigenvalue weighted by Crippen LogP contribution is -2.41. The van der Waals surface area contributed by atoms with E-state index in [-0.39, 0.29) is 19.2 Å². The molecule has 0 radical (unpaired) electrons. The Morgan fingerprint density at radius 2 is 2.12 bits per heavy atom. The maximum absolute atomic E-state index is 12.2. The molecule has 0 bridgehead atoms. The van der Waals surface area contributed by atoms with Crippen LogP contribution in [0.5, 0.6) is 11.5 Å². The minimum absolute atomic E-state index is 0.0957. The standard InChI is InChI=1S/C18H19N3O4S/c1-2-7-21(10-14-4-3-8-26-14)11-17(22)20-18(23)19-13-5-6-15-16(9-13)25-12-24-15/h2-6,8-9H,1,7,10-12H2,(H2,19,20,22,23). The van der Waals surface area contributed by atoms with E-state index in [0.29, 0.717) is 30.3 Å². The van der Waals surface area contributed by atoms with Crippen LogP contribution in [0, 0.1) is 0 Å². The van der Waals surface area contributed by atoms with Gasteiger partial charge in [-0.25, -0.2) is 4.79 Å². The van der Waals surface area contributed by atoms with Crippen LogP contribution in [0.4, 0.5) is 10.5 Å². The van der Waals surface area contributed by atoms with E-state index in [1.165, 1.54) is 0 Å². The number of nitrogens with one attached hydrogen (secondary N) is 2. The number of nitrogens with zero attached hydrogens (tertiary/aromatic N) is 1. The van der Waals surface area contributed by atoms with Gasteiger partial charge in [-0.05, 0) is 23.6 Å². The van der Waals surface area contributed by atoms with Crippen LogP contribution in [0.1, 0.15) is 4.88 Å². The number of carbonyl (C=O) groups excluding carboxylic acids is 2. The van der Waals surface area contributed by atoms with Gasteiger partial charge in [0.05, 0.1) is 6.54 Å². The number of urea groups is 1. The fourth-order valence-electron chi connectivity index (χ4n) is 2.50. The lowest BCUT2D eigenvalue weighted by atomic mass is 10.3. The van der Waals surface area contributed by atoms with Crippen LogP contribution < -0.4 is 20.1 Å². The summed E-state index contributed by atoms with van der Waals surface area (Å²) in [4.78, 5) is 27.2. The first-order chi connectivity index (χ1) is 12.6. The molecule has 1 aliphatic heterocycles. The minimum Gasteiger partial charge on any atom is -0.454 e. The second-order valence-electron chi connectivity index (χ2n) is 5.61. The number of benzene rings is 1. The van der Waals surface area contributed by atoms with Crippen LogP contribution in [0.25, 0.3) is 0 Å². The number of thiophene rings is 1. The van der Waals surface area contributed by atoms with Gasteiger partial charge < -0.3 is 14.8 Å². The Hall–Kier alpha value is -2.84. The molecule has 0 atom stereocenters. The van der Waals surface area contributed by atoms with E-state index < -0.39 is 6.03 Å². The summed E-state index contributed by atoms with van der Waals surface area (Å²) in [5, 5.41) is 6.93. The monoisotopic (exact) mass is 373 g/mol. The fourth-order valence-corrected chi connectivity index (χ4v) is 3.24. The second-order valence-corrected chi connectivity index (χ2v) is 6.64. The molecule has 7 nitrogen and oxygen atoms in total. The van der Waals surface area contributed by atoms with Gasteiger partial charge >= 0.3 is 6.03 Å². The number of hydrogen-bond acceptors (Lipinski definition) is 6. The molecule has 3 amide bonds. The molecule has 1 aliphatic rings. The van der Waals surface area contributed by atoms with Crippen molar-refractivity contribution in [2.24, 2.45) is 0 Å². The van der Waals surface area contributed by atoms with Crippen molar-refractivity contribution in [1.29, 1.82) is 0 Å². The largest absolute Gasteiger partial charge is 0.454 e.